The summed E-state index contributed by atoms with van der Waals surface area (Å²) in [6.45, 7) is 4.43. The molecule has 1 saturated heterocycles. The largest absolute Gasteiger partial charge is 0.286 e. The maximum Gasteiger partial charge on any atom is 0.137 e. The van der Waals surface area contributed by atoms with Crippen LogP contribution in [0.5, 0.6) is 0 Å². The Balaban J connectivity index is 1.72. The van der Waals surface area contributed by atoms with Crippen LogP contribution in [0.25, 0.3) is 5.69 Å². The van der Waals surface area contributed by atoms with Gasteiger partial charge in [-0.25, -0.2) is 0 Å². The van der Waals surface area contributed by atoms with Gasteiger partial charge >= 0.3 is 0 Å². The molecule has 1 fully saturated rings. The van der Waals surface area contributed by atoms with E-state index in [2.05, 4.69) is 34.9 Å². The molecule has 112 valence electrons. The molecule has 2 heterocycles. The molecule has 1 aliphatic heterocycles. The van der Waals surface area contributed by atoms with Crippen molar-refractivity contribution in [2.24, 2.45) is 5.92 Å². The molecule has 0 spiro atoms. The van der Waals surface area contributed by atoms with Gasteiger partial charge in [-0.05, 0) is 50.5 Å². The highest BCUT2D eigenvalue weighted by atomic mass is 35.5. The van der Waals surface area contributed by atoms with Crippen molar-refractivity contribution in [1.82, 2.24) is 25.6 Å². The monoisotopic (exact) mass is 305 g/mol. The Hall–Kier alpha value is -1.43. The van der Waals surface area contributed by atoms with Gasteiger partial charge in [0.25, 0.3) is 0 Å². The average molecular weight is 306 g/mol. The van der Waals surface area contributed by atoms with E-state index in [0.29, 0.717) is 18.0 Å². The van der Waals surface area contributed by atoms with E-state index in [4.69, 9.17) is 11.6 Å². The maximum atomic E-state index is 5.94. The van der Waals surface area contributed by atoms with Crippen molar-refractivity contribution in [1.29, 1.82) is 0 Å². The number of nitrogens with one attached hydrogen (secondary N) is 2. The Morgan fingerprint density at radius 3 is 2.48 bits per heavy atom. The van der Waals surface area contributed by atoms with Gasteiger partial charge in [-0.3, -0.25) is 15.4 Å². The topological polar surface area (TPSA) is 54.8 Å². The Kier molecular flexibility index (Phi) is 4.24. The van der Waals surface area contributed by atoms with Gasteiger partial charge in [0.1, 0.15) is 12.2 Å². The van der Waals surface area contributed by atoms with E-state index in [1.807, 2.05) is 28.8 Å². The second kappa shape index (κ2) is 6.13. The van der Waals surface area contributed by atoms with E-state index < -0.39 is 0 Å². The van der Waals surface area contributed by atoms with Gasteiger partial charge in [-0.15, -0.1) is 10.2 Å². The van der Waals surface area contributed by atoms with Gasteiger partial charge in [0, 0.05) is 29.2 Å². The number of rotatable bonds is 4. The average Bonchev–Trinajstić information content (AvgIpc) is 3.06. The lowest BCUT2D eigenvalue weighted by Gasteiger charge is -2.17. The molecule has 0 saturated carbocycles. The third-order valence-corrected chi connectivity index (χ3v) is 4.50. The fourth-order valence-corrected chi connectivity index (χ4v) is 3.08. The van der Waals surface area contributed by atoms with Crippen LogP contribution in [0.4, 0.5) is 0 Å². The minimum absolute atomic E-state index is 0.479. The van der Waals surface area contributed by atoms with Gasteiger partial charge < -0.3 is 0 Å². The van der Waals surface area contributed by atoms with Crippen LogP contribution < -0.4 is 10.9 Å². The fourth-order valence-electron chi connectivity index (χ4n) is 2.95. The van der Waals surface area contributed by atoms with Crippen LogP contribution in [-0.2, 0) is 6.42 Å². The lowest BCUT2D eigenvalue weighted by atomic mass is 9.91. The second-order valence-electron chi connectivity index (χ2n) is 5.66. The quantitative estimate of drug-likeness (QED) is 0.910. The van der Waals surface area contributed by atoms with Crippen molar-refractivity contribution in [3.8, 4) is 5.69 Å². The first kappa shape index (κ1) is 14.5. The Labute approximate surface area is 129 Å². The smallest absolute Gasteiger partial charge is 0.137 e. The first-order chi connectivity index (χ1) is 10.1. The van der Waals surface area contributed by atoms with E-state index in [1.54, 1.807) is 6.33 Å². The van der Waals surface area contributed by atoms with Gasteiger partial charge in [0.15, 0.2) is 0 Å². The third kappa shape index (κ3) is 3.10. The minimum atomic E-state index is 0.479. The number of nitrogens with zero attached hydrogens (tertiary/aromatic N) is 3. The van der Waals surface area contributed by atoms with Crippen molar-refractivity contribution in [3.63, 3.8) is 0 Å². The number of hydrazine groups is 1. The van der Waals surface area contributed by atoms with Crippen LogP contribution in [-0.4, -0.2) is 26.8 Å². The van der Waals surface area contributed by atoms with Crippen LogP contribution in [0.15, 0.2) is 30.6 Å². The fraction of sp³-hybridized carbons (Fsp3) is 0.467. The van der Waals surface area contributed by atoms with E-state index in [0.717, 1.165) is 29.4 Å². The Bertz CT molecular complexity index is 584. The lowest BCUT2D eigenvalue weighted by molar-refractivity contribution is 0.409. The molecule has 0 amide bonds. The molecule has 1 aliphatic rings. The van der Waals surface area contributed by atoms with Gasteiger partial charge in [0.2, 0.25) is 0 Å². The van der Waals surface area contributed by atoms with E-state index in [-0.39, 0.29) is 0 Å². The van der Waals surface area contributed by atoms with Crippen LogP contribution in [0.2, 0.25) is 5.02 Å². The summed E-state index contributed by atoms with van der Waals surface area (Å²) in [7, 11) is 0. The molecule has 0 aliphatic carbocycles. The van der Waals surface area contributed by atoms with E-state index in [9.17, 15) is 0 Å². The summed E-state index contributed by atoms with van der Waals surface area (Å²) >= 11 is 5.94. The molecule has 0 radical (unpaired) electrons. The molecule has 2 aromatic rings. The summed E-state index contributed by atoms with van der Waals surface area (Å²) in [4.78, 5) is 0. The summed E-state index contributed by atoms with van der Waals surface area (Å²) in [5, 5.41) is 9.05. The number of hydrogen-bond donors (Lipinski definition) is 2. The number of halogens is 1. The predicted molar refractivity (Wildman–Crippen MR) is 83.4 cm³/mol. The molecule has 6 heteroatoms. The molecule has 1 aromatic carbocycles. The molecular formula is C15H20ClN5. The normalized spacial score (nSPS) is 25.4. The molecular weight excluding hydrogens is 286 g/mol. The Morgan fingerprint density at radius 2 is 1.81 bits per heavy atom. The summed E-state index contributed by atoms with van der Waals surface area (Å²) in [6.07, 6.45) is 3.75. The number of aromatic nitrogens is 3. The molecule has 1 aromatic heterocycles. The highest BCUT2D eigenvalue weighted by Gasteiger charge is 2.29. The zero-order valence-corrected chi connectivity index (χ0v) is 13.0. The molecule has 2 atom stereocenters. The van der Waals surface area contributed by atoms with E-state index >= 15 is 0 Å². The predicted octanol–water partition coefficient (Wildman–Crippen LogP) is 2.35. The van der Waals surface area contributed by atoms with Gasteiger partial charge in [-0.2, -0.15) is 0 Å². The maximum absolute atomic E-state index is 5.94. The summed E-state index contributed by atoms with van der Waals surface area (Å²) in [6, 6.07) is 8.70. The molecule has 21 heavy (non-hydrogen) atoms. The van der Waals surface area contributed by atoms with Crippen LogP contribution in [0.1, 0.15) is 26.1 Å². The van der Waals surface area contributed by atoms with Crippen molar-refractivity contribution >= 4 is 11.6 Å². The third-order valence-electron chi connectivity index (χ3n) is 4.25. The SMILES string of the molecule is CC1NNC(C)C1CCc1nncn1-c1ccc(Cl)cc1. The van der Waals surface area contributed by atoms with E-state index in [1.165, 1.54) is 0 Å². The summed E-state index contributed by atoms with van der Waals surface area (Å²) in [5.41, 5.74) is 7.63. The summed E-state index contributed by atoms with van der Waals surface area (Å²) in [5.74, 6) is 1.59. The van der Waals surface area contributed by atoms with Crippen molar-refractivity contribution in [2.45, 2.75) is 38.8 Å². The van der Waals surface area contributed by atoms with Crippen LogP contribution in [0, 0.1) is 5.92 Å². The minimum Gasteiger partial charge on any atom is -0.286 e. The van der Waals surface area contributed by atoms with Crippen molar-refractivity contribution in [2.75, 3.05) is 0 Å². The highest BCUT2D eigenvalue weighted by molar-refractivity contribution is 6.30. The zero-order valence-electron chi connectivity index (χ0n) is 12.3. The van der Waals surface area contributed by atoms with Crippen LogP contribution in [0.3, 0.4) is 0 Å². The van der Waals surface area contributed by atoms with Gasteiger partial charge in [0.05, 0.1) is 0 Å². The Morgan fingerprint density at radius 1 is 1.14 bits per heavy atom. The van der Waals surface area contributed by atoms with Crippen molar-refractivity contribution in [3.05, 3.63) is 41.4 Å². The number of aryl methyl sites for hydroxylation is 1. The number of hydrogen-bond acceptors (Lipinski definition) is 4. The molecule has 3 rings (SSSR count). The van der Waals surface area contributed by atoms with Crippen LogP contribution >= 0.6 is 11.6 Å². The van der Waals surface area contributed by atoms with Crippen molar-refractivity contribution < 1.29 is 0 Å². The first-order valence-corrected chi connectivity index (χ1v) is 7.69. The zero-order chi connectivity index (χ0) is 14.8. The first-order valence-electron chi connectivity index (χ1n) is 7.31. The molecule has 0 bridgehead atoms. The second-order valence-corrected chi connectivity index (χ2v) is 6.10. The highest BCUT2D eigenvalue weighted by Crippen LogP contribution is 2.21. The van der Waals surface area contributed by atoms with Gasteiger partial charge in [-0.1, -0.05) is 11.6 Å². The standard InChI is InChI=1S/C15H20ClN5/c1-10-14(11(2)19-18-10)7-8-15-20-17-9-21(15)13-5-3-12(16)4-6-13/h3-6,9-11,14,18-19H,7-8H2,1-2H3. The summed E-state index contributed by atoms with van der Waals surface area (Å²) < 4.78 is 2.03. The molecule has 5 nitrogen and oxygen atoms in total. The lowest BCUT2D eigenvalue weighted by Crippen LogP contribution is -2.30. The molecule has 2 N–H and O–H groups in total. The number of benzene rings is 1. The molecule has 2 unspecified atom stereocenters.